The zero-order chi connectivity index (χ0) is 13.0. The van der Waals surface area contributed by atoms with Crippen molar-refractivity contribution >= 4 is 5.91 Å². The zero-order valence-electron chi connectivity index (χ0n) is 10.0. The highest BCUT2D eigenvalue weighted by Crippen LogP contribution is 2.37. The van der Waals surface area contributed by atoms with Crippen LogP contribution in [0.5, 0.6) is 17.2 Å². The van der Waals surface area contributed by atoms with Gasteiger partial charge in [-0.1, -0.05) is 0 Å². The molecule has 0 fully saturated rings. The molecule has 1 aromatic rings. The lowest BCUT2D eigenvalue weighted by molar-refractivity contribution is -0.119. The van der Waals surface area contributed by atoms with E-state index in [0.717, 1.165) is 0 Å². The highest BCUT2D eigenvalue weighted by molar-refractivity contribution is 5.83. The van der Waals surface area contributed by atoms with Crippen molar-refractivity contribution in [2.75, 3.05) is 21.3 Å². The molecular weight excluding hydrogens is 224 g/mol. The lowest BCUT2D eigenvalue weighted by Gasteiger charge is -2.17. The van der Waals surface area contributed by atoms with Crippen LogP contribution >= 0.6 is 0 Å². The van der Waals surface area contributed by atoms with E-state index in [9.17, 15) is 4.79 Å². The standard InChI is InChI=1S/C11H16N2O4/c1-15-6-4-7(16-2)9(8(5-6)17-3)10(12)11(13)14/h4-5,10H,12H2,1-3H3,(H2,13,14). The molecule has 0 aromatic heterocycles. The third kappa shape index (κ3) is 2.59. The second kappa shape index (κ2) is 5.40. The molecule has 94 valence electrons. The molecule has 6 nitrogen and oxygen atoms in total. The normalized spacial score (nSPS) is 11.8. The third-order valence-electron chi connectivity index (χ3n) is 2.37. The van der Waals surface area contributed by atoms with Crippen LogP contribution in [0.1, 0.15) is 11.6 Å². The molecule has 17 heavy (non-hydrogen) atoms. The zero-order valence-corrected chi connectivity index (χ0v) is 10.0. The maximum Gasteiger partial charge on any atom is 0.239 e. The van der Waals surface area contributed by atoms with Gasteiger partial charge >= 0.3 is 0 Å². The molecule has 1 unspecified atom stereocenters. The van der Waals surface area contributed by atoms with Gasteiger partial charge in [0, 0.05) is 12.1 Å². The number of ether oxygens (including phenoxy) is 3. The van der Waals surface area contributed by atoms with E-state index >= 15 is 0 Å². The Hall–Kier alpha value is -1.95. The largest absolute Gasteiger partial charge is 0.496 e. The summed E-state index contributed by atoms with van der Waals surface area (Å²) in [5.74, 6) is 0.672. The van der Waals surface area contributed by atoms with E-state index in [1.54, 1.807) is 12.1 Å². The fourth-order valence-electron chi connectivity index (χ4n) is 1.48. The highest BCUT2D eigenvalue weighted by atomic mass is 16.5. The van der Waals surface area contributed by atoms with Crippen molar-refractivity contribution in [2.45, 2.75) is 6.04 Å². The van der Waals surface area contributed by atoms with Gasteiger partial charge in [-0.25, -0.2) is 0 Å². The fourth-order valence-corrected chi connectivity index (χ4v) is 1.48. The molecule has 1 atom stereocenters. The van der Waals surface area contributed by atoms with E-state index in [0.29, 0.717) is 22.8 Å². The van der Waals surface area contributed by atoms with Crippen molar-refractivity contribution < 1.29 is 19.0 Å². The van der Waals surface area contributed by atoms with Crippen LogP contribution in [0.15, 0.2) is 12.1 Å². The Balaban J connectivity index is 3.39. The van der Waals surface area contributed by atoms with Crippen LogP contribution < -0.4 is 25.7 Å². The molecule has 1 amide bonds. The number of benzene rings is 1. The minimum Gasteiger partial charge on any atom is -0.496 e. The first-order chi connectivity index (χ1) is 8.04. The summed E-state index contributed by atoms with van der Waals surface area (Å²) in [6, 6.07) is 2.23. The van der Waals surface area contributed by atoms with Gasteiger partial charge in [0.25, 0.3) is 0 Å². The summed E-state index contributed by atoms with van der Waals surface area (Å²) in [5.41, 5.74) is 11.3. The number of amides is 1. The molecule has 0 radical (unpaired) electrons. The van der Waals surface area contributed by atoms with Crippen molar-refractivity contribution in [2.24, 2.45) is 11.5 Å². The highest BCUT2D eigenvalue weighted by Gasteiger charge is 2.23. The second-order valence-electron chi connectivity index (χ2n) is 3.33. The van der Waals surface area contributed by atoms with Crippen LogP contribution in [-0.2, 0) is 4.79 Å². The predicted molar refractivity (Wildman–Crippen MR) is 62.2 cm³/mol. The van der Waals surface area contributed by atoms with Gasteiger partial charge in [-0.3, -0.25) is 4.79 Å². The minimum atomic E-state index is -0.995. The Morgan fingerprint density at radius 2 is 1.59 bits per heavy atom. The summed E-state index contributed by atoms with van der Waals surface area (Å²) in [4.78, 5) is 11.1. The van der Waals surface area contributed by atoms with E-state index in [2.05, 4.69) is 0 Å². The summed E-state index contributed by atoms with van der Waals surface area (Å²) in [7, 11) is 4.44. The van der Waals surface area contributed by atoms with Crippen LogP contribution in [-0.4, -0.2) is 27.2 Å². The molecule has 6 heteroatoms. The predicted octanol–water partition coefficient (Wildman–Crippen LogP) is 0.198. The van der Waals surface area contributed by atoms with Gasteiger partial charge in [0.05, 0.1) is 26.9 Å². The minimum absolute atomic E-state index is 0.396. The first kappa shape index (κ1) is 13.1. The van der Waals surface area contributed by atoms with Gasteiger partial charge in [-0.2, -0.15) is 0 Å². The number of nitrogens with two attached hydrogens (primary N) is 2. The average Bonchev–Trinajstić information content (AvgIpc) is 2.35. The fraction of sp³-hybridized carbons (Fsp3) is 0.364. The Kier molecular flexibility index (Phi) is 4.17. The molecule has 0 saturated heterocycles. The quantitative estimate of drug-likeness (QED) is 0.766. The van der Waals surface area contributed by atoms with Gasteiger partial charge in [0.15, 0.2) is 0 Å². The lowest BCUT2D eigenvalue weighted by Crippen LogP contribution is -2.29. The summed E-state index contributed by atoms with van der Waals surface area (Å²) in [5, 5.41) is 0. The maximum absolute atomic E-state index is 11.1. The molecule has 0 aliphatic carbocycles. The number of rotatable bonds is 5. The lowest BCUT2D eigenvalue weighted by atomic mass is 10.0. The van der Waals surface area contributed by atoms with Gasteiger partial charge in [0.1, 0.15) is 23.3 Å². The molecule has 0 saturated carbocycles. The van der Waals surface area contributed by atoms with Crippen molar-refractivity contribution in [1.29, 1.82) is 0 Å². The summed E-state index contributed by atoms with van der Waals surface area (Å²) in [6.07, 6.45) is 0. The number of primary amides is 1. The van der Waals surface area contributed by atoms with Crippen molar-refractivity contribution in [3.8, 4) is 17.2 Å². The van der Waals surface area contributed by atoms with Crippen LogP contribution in [0, 0.1) is 0 Å². The first-order valence-electron chi connectivity index (χ1n) is 4.90. The third-order valence-corrected chi connectivity index (χ3v) is 2.37. The Labute approximate surface area is 99.4 Å². The first-order valence-corrected chi connectivity index (χ1v) is 4.90. The summed E-state index contributed by atoms with van der Waals surface area (Å²) >= 11 is 0. The van der Waals surface area contributed by atoms with Gasteiger partial charge in [-0.15, -0.1) is 0 Å². The second-order valence-corrected chi connectivity index (χ2v) is 3.33. The van der Waals surface area contributed by atoms with E-state index in [4.69, 9.17) is 25.7 Å². The molecule has 0 aliphatic rings. The van der Waals surface area contributed by atoms with Gasteiger partial charge < -0.3 is 25.7 Å². The number of methoxy groups -OCH3 is 3. The van der Waals surface area contributed by atoms with Gasteiger partial charge in [-0.05, 0) is 0 Å². The van der Waals surface area contributed by atoms with Crippen LogP contribution in [0.3, 0.4) is 0 Å². The van der Waals surface area contributed by atoms with E-state index in [1.165, 1.54) is 21.3 Å². The monoisotopic (exact) mass is 240 g/mol. The molecule has 1 rings (SSSR count). The summed E-state index contributed by atoms with van der Waals surface area (Å²) < 4.78 is 15.4. The van der Waals surface area contributed by atoms with Crippen LogP contribution in [0.4, 0.5) is 0 Å². The molecule has 4 N–H and O–H groups in total. The topological polar surface area (TPSA) is 96.8 Å². The Morgan fingerprint density at radius 1 is 1.12 bits per heavy atom. The Bertz CT molecular complexity index is 395. The molecule has 0 spiro atoms. The van der Waals surface area contributed by atoms with Crippen LogP contribution in [0.2, 0.25) is 0 Å². The van der Waals surface area contributed by atoms with Crippen molar-refractivity contribution in [3.05, 3.63) is 17.7 Å². The molecule has 0 aliphatic heterocycles. The van der Waals surface area contributed by atoms with Crippen LogP contribution in [0.25, 0.3) is 0 Å². The average molecular weight is 240 g/mol. The van der Waals surface area contributed by atoms with E-state index in [-0.39, 0.29) is 0 Å². The number of carbonyl (C=O) groups is 1. The molecule has 0 bridgehead atoms. The Morgan fingerprint density at radius 3 is 1.88 bits per heavy atom. The number of hydrogen-bond donors (Lipinski definition) is 2. The molecular formula is C11H16N2O4. The van der Waals surface area contributed by atoms with Crippen molar-refractivity contribution in [1.82, 2.24) is 0 Å². The maximum atomic E-state index is 11.1. The molecule has 0 heterocycles. The number of hydrogen-bond acceptors (Lipinski definition) is 5. The SMILES string of the molecule is COc1cc(OC)c(C(N)C(N)=O)c(OC)c1. The van der Waals surface area contributed by atoms with Crippen molar-refractivity contribution in [3.63, 3.8) is 0 Å². The smallest absolute Gasteiger partial charge is 0.239 e. The van der Waals surface area contributed by atoms with Gasteiger partial charge in [0.2, 0.25) is 5.91 Å². The number of carbonyl (C=O) groups excluding carboxylic acids is 1. The summed E-state index contributed by atoms with van der Waals surface area (Å²) in [6.45, 7) is 0. The van der Waals surface area contributed by atoms with E-state index in [1.807, 2.05) is 0 Å². The van der Waals surface area contributed by atoms with E-state index < -0.39 is 11.9 Å². The molecule has 1 aromatic carbocycles.